The molecule has 1 aliphatic rings. The van der Waals surface area contributed by atoms with Crippen LogP contribution < -0.4 is 43.0 Å². The third kappa shape index (κ3) is 11.3. The first kappa shape index (κ1) is 37.3. The van der Waals surface area contributed by atoms with E-state index in [9.17, 15) is 14.4 Å². The van der Waals surface area contributed by atoms with Crippen LogP contribution in [0.5, 0.6) is 11.5 Å². The minimum absolute atomic E-state index is 0.0538. The highest BCUT2D eigenvalue weighted by Gasteiger charge is 2.34. The molecule has 0 aliphatic carbocycles. The Kier molecular flexibility index (Phi) is 14.3. The van der Waals surface area contributed by atoms with Crippen LogP contribution in [0.2, 0.25) is 0 Å². The molecule has 14 heteroatoms. The van der Waals surface area contributed by atoms with Crippen molar-refractivity contribution in [1.82, 2.24) is 4.90 Å². The lowest BCUT2D eigenvalue weighted by molar-refractivity contribution is -0.0647. The normalized spacial score (nSPS) is 12.9. The quantitative estimate of drug-likeness (QED) is 0.0936. The molecule has 1 aliphatic heterocycles. The van der Waals surface area contributed by atoms with Crippen LogP contribution in [0.15, 0.2) is 36.4 Å². The average Bonchev–Trinajstić information content (AvgIpc) is 2.96. The van der Waals surface area contributed by atoms with Crippen molar-refractivity contribution in [2.24, 2.45) is 11.5 Å². The molecule has 1 heterocycles. The molecule has 1 fully saturated rings. The molecular formula is C32H49N7O7. The van der Waals surface area contributed by atoms with Crippen LogP contribution in [0.4, 0.5) is 27.5 Å². The molecule has 3 rings (SSSR count). The minimum atomic E-state index is -0.625. The molecule has 46 heavy (non-hydrogen) atoms. The zero-order chi connectivity index (χ0) is 34.4. The van der Waals surface area contributed by atoms with E-state index in [1.165, 1.54) is 25.3 Å². The number of carbonyl (C=O) groups is 3. The van der Waals surface area contributed by atoms with Crippen LogP contribution in [0.3, 0.4) is 0 Å². The van der Waals surface area contributed by atoms with Crippen molar-refractivity contribution < 1.29 is 33.3 Å². The number of hydrogen-bond acceptors (Lipinski definition) is 11. The van der Waals surface area contributed by atoms with Crippen molar-refractivity contribution >= 4 is 40.7 Å². The Bertz CT molecular complexity index is 1370. The van der Waals surface area contributed by atoms with Gasteiger partial charge in [-0.1, -0.05) is 26.0 Å². The number of nitrogen functional groups attached to an aromatic ring is 2. The summed E-state index contributed by atoms with van der Waals surface area (Å²) in [5.41, 5.74) is 24.7. The van der Waals surface area contributed by atoms with Gasteiger partial charge < -0.3 is 57.4 Å². The number of benzene rings is 2. The molecule has 0 bridgehead atoms. The van der Waals surface area contributed by atoms with Crippen LogP contribution in [-0.2, 0) is 9.47 Å². The fraction of sp³-hybridized carbons (Fsp3) is 0.469. The molecule has 0 atom stereocenters. The van der Waals surface area contributed by atoms with Crippen LogP contribution >= 0.6 is 0 Å². The van der Waals surface area contributed by atoms with Crippen molar-refractivity contribution in [3.63, 3.8) is 0 Å². The van der Waals surface area contributed by atoms with E-state index in [0.717, 1.165) is 0 Å². The fourth-order valence-electron chi connectivity index (χ4n) is 4.21. The summed E-state index contributed by atoms with van der Waals surface area (Å²) >= 11 is 0. The molecule has 2 aromatic rings. The highest BCUT2D eigenvalue weighted by atomic mass is 16.6. The zero-order valence-corrected chi connectivity index (χ0v) is 27.6. The third-order valence-corrected chi connectivity index (χ3v) is 6.41. The number of carbonyl (C=O) groups excluding carboxylic acids is 3. The second kappa shape index (κ2) is 17.6. The van der Waals surface area contributed by atoms with Crippen LogP contribution in [0.25, 0.3) is 0 Å². The van der Waals surface area contributed by atoms with Gasteiger partial charge >= 0.3 is 6.09 Å². The summed E-state index contributed by atoms with van der Waals surface area (Å²) in [5.74, 6) is -0.442. The summed E-state index contributed by atoms with van der Waals surface area (Å²) in [5, 5.41) is 6.37. The topological polar surface area (TPSA) is 220 Å². The van der Waals surface area contributed by atoms with Crippen molar-refractivity contribution in [3.8, 4) is 11.5 Å². The molecule has 0 unspecified atom stereocenters. The van der Waals surface area contributed by atoms with Gasteiger partial charge in [-0.05, 0) is 45.0 Å². The van der Waals surface area contributed by atoms with Gasteiger partial charge in [0.1, 0.15) is 28.5 Å². The highest BCUT2D eigenvalue weighted by molar-refractivity contribution is 5.97. The molecule has 0 radical (unpaired) electrons. The number of ether oxygens (including phenoxy) is 4. The van der Waals surface area contributed by atoms with Gasteiger partial charge in [0.25, 0.3) is 0 Å². The molecule has 3 amide bonds. The van der Waals surface area contributed by atoms with Gasteiger partial charge in [-0.25, -0.2) is 4.79 Å². The second-order valence-corrected chi connectivity index (χ2v) is 11.1. The molecule has 254 valence electrons. The molecule has 1 saturated heterocycles. The van der Waals surface area contributed by atoms with E-state index in [1.54, 1.807) is 11.0 Å². The van der Waals surface area contributed by atoms with E-state index in [-0.39, 0.29) is 23.3 Å². The van der Waals surface area contributed by atoms with E-state index in [1.807, 2.05) is 46.8 Å². The fourth-order valence-corrected chi connectivity index (χ4v) is 4.21. The first-order valence-corrected chi connectivity index (χ1v) is 15.1. The maximum Gasteiger partial charge on any atom is 0.410 e. The molecular weight excluding hydrogens is 594 g/mol. The predicted octanol–water partition coefficient (Wildman–Crippen LogP) is 3.57. The Labute approximate surface area is 270 Å². The number of nitrogens with one attached hydrogen (secondary N) is 2. The maximum absolute atomic E-state index is 12.1. The van der Waals surface area contributed by atoms with Gasteiger partial charge in [-0.2, -0.15) is 0 Å². The Morgan fingerprint density at radius 1 is 0.870 bits per heavy atom. The number of methoxy groups -OCH3 is 1. The molecule has 0 aromatic heterocycles. The van der Waals surface area contributed by atoms with E-state index in [0.29, 0.717) is 80.1 Å². The SMILES string of the molecule is CC.COc1cc(C(N)=O)cc(N)c1NC/C=C/CNc1c(N)cc(C(N)=O)cc1OCCCOC1CN(C(=O)OC(C)(C)C)C1. The second-order valence-electron chi connectivity index (χ2n) is 11.1. The van der Waals surface area contributed by atoms with Crippen molar-refractivity contribution in [3.05, 3.63) is 47.5 Å². The number of anilines is 4. The van der Waals surface area contributed by atoms with Gasteiger partial charge in [0.2, 0.25) is 11.8 Å². The van der Waals surface area contributed by atoms with E-state index in [4.69, 9.17) is 41.9 Å². The Morgan fingerprint density at radius 3 is 1.85 bits per heavy atom. The molecule has 10 N–H and O–H groups in total. The lowest BCUT2D eigenvalue weighted by Gasteiger charge is -2.39. The number of amides is 3. The molecule has 2 aromatic carbocycles. The van der Waals surface area contributed by atoms with Crippen LogP contribution in [0, 0.1) is 0 Å². The average molecular weight is 644 g/mol. The Hall–Kier alpha value is -4.85. The van der Waals surface area contributed by atoms with Crippen LogP contribution in [-0.4, -0.2) is 81.0 Å². The van der Waals surface area contributed by atoms with Gasteiger partial charge in [-0.3, -0.25) is 9.59 Å². The molecule has 0 spiro atoms. The number of likely N-dealkylation sites (tertiary alicyclic amines) is 1. The summed E-state index contributed by atoms with van der Waals surface area (Å²) in [4.78, 5) is 36.9. The Morgan fingerprint density at radius 2 is 1.37 bits per heavy atom. The molecule has 14 nitrogen and oxygen atoms in total. The summed E-state index contributed by atoms with van der Waals surface area (Å²) in [6.45, 7) is 12.0. The summed E-state index contributed by atoms with van der Waals surface area (Å²) in [6, 6.07) is 6.04. The number of nitrogens with zero attached hydrogens (tertiary/aromatic N) is 1. The lowest BCUT2D eigenvalue weighted by Crippen LogP contribution is -2.56. The van der Waals surface area contributed by atoms with Gasteiger partial charge in [0.05, 0.1) is 50.9 Å². The summed E-state index contributed by atoms with van der Waals surface area (Å²) in [7, 11) is 1.47. The predicted molar refractivity (Wildman–Crippen MR) is 180 cm³/mol. The monoisotopic (exact) mass is 643 g/mol. The highest BCUT2D eigenvalue weighted by Crippen LogP contribution is 2.33. The summed E-state index contributed by atoms with van der Waals surface area (Å²) < 4.78 is 22.4. The van der Waals surface area contributed by atoms with E-state index in [2.05, 4.69) is 10.6 Å². The van der Waals surface area contributed by atoms with Gasteiger partial charge in [0, 0.05) is 30.6 Å². The summed E-state index contributed by atoms with van der Waals surface area (Å²) in [6.07, 6.45) is 3.90. The smallest absolute Gasteiger partial charge is 0.410 e. The zero-order valence-electron chi connectivity index (χ0n) is 27.6. The van der Waals surface area contributed by atoms with Crippen molar-refractivity contribution in [2.45, 2.75) is 52.7 Å². The number of primary amides is 2. The van der Waals surface area contributed by atoms with E-state index < -0.39 is 17.4 Å². The van der Waals surface area contributed by atoms with Gasteiger partial charge in [0.15, 0.2) is 0 Å². The maximum atomic E-state index is 12.1. The number of hydrogen-bond donors (Lipinski definition) is 6. The minimum Gasteiger partial charge on any atom is -0.494 e. The lowest BCUT2D eigenvalue weighted by atomic mass is 10.1. The standard InChI is InChI=1S/C30H43N7O7.C2H6/c1-30(2,3)44-29(40)37-16-20(17-37)42-10-7-11-43-24-15-19(28(34)39)13-22(32)26(24)36-9-6-5-8-35-25-21(31)12-18(27(33)38)14-23(25)41-4;1-2/h5-6,12-15,20,35-36H,7-11,16-17,31-32H2,1-4H3,(H2,33,38)(H2,34,39);1-2H3/b6-5+;. The first-order valence-electron chi connectivity index (χ1n) is 15.1. The Balaban J connectivity index is 0.00000361. The van der Waals surface area contributed by atoms with Crippen LogP contribution in [0.1, 0.15) is 61.8 Å². The van der Waals surface area contributed by atoms with Gasteiger partial charge in [-0.15, -0.1) is 0 Å². The molecule has 0 saturated carbocycles. The largest absolute Gasteiger partial charge is 0.494 e. The number of rotatable bonds is 15. The first-order chi connectivity index (χ1) is 21.8. The van der Waals surface area contributed by atoms with Crippen molar-refractivity contribution in [2.75, 3.05) is 68.6 Å². The van der Waals surface area contributed by atoms with E-state index >= 15 is 0 Å². The third-order valence-electron chi connectivity index (χ3n) is 6.41. The van der Waals surface area contributed by atoms with Crippen molar-refractivity contribution in [1.29, 1.82) is 0 Å². The number of nitrogens with two attached hydrogens (primary N) is 4.